The Bertz CT molecular complexity index is 951. The van der Waals surface area contributed by atoms with E-state index in [0.29, 0.717) is 5.56 Å². The van der Waals surface area contributed by atoms with Crippen molar-refractivity contribution in [2.75, 3.05) is 5.73 Å². The van der Waals surface area contributed by atoms with E-state index in [4.69, 9.17) is 11.5 Å². The van der Waals surface area contributed by atoms with Crippen LogP contribution < -0.4 is 11.5 Å². The molecule has 0 bridgehead atoms. The van der Waals surface area contributed by atoms with Crippen molar-refractivity contribution >= 4 is 11.9 Å². The minimum atomic E-state index is -4.52. The summed E-state index contributed by atoms with van der Waals surface area (Å²) in [6.45, 7) is -1.32. The van der Waals surface area contributed by atoms with Crippen LogP contribution in [-0.2, 0) is 6.54 Å². The van der Waals surface area contributed by atoms with Gasteiger partial charge in [0.15, 0.2) is 0 Å². The molecule has 1 amide bonds. The third-order valence-electron chi connectivity index (χ3n) is 3.68. The van der Waals surface area contributed by atoms with Gasteiger partial charge in [0.05, 0.1) is 22.6 Å². The number of aromatic nitrogens is 3. The number of nitrogens with two attached hydrogens (primary N) is 2. The molecule has 0 aliphatic rings. The largest absolute Gasteiger partial charge is 0.406 e. The topological polar surface area (TPSA) is 99.8 Å². The highest BCUT2D eigenvalue weighted by molar-refractivity contribution is 6.01. The number of alkyl halides is 3. The molecule has 0 saturated heterocycles. The summed E-state index contributed by atoms with van der Waals surface area (Å²) in [7, 11) is 0. The Morgan fingerprint density at radius 3 is 2.42 bits per heavy atom. The summed E-state index contributed by atoms with van der Waals surface area (Å²) in [6.07, 6.45) is -3.19. The lowest BCUT2D eigenvalue weighted by Crippen LogP contribution is -2.20. The number of nitrogen functional groups attached to an aromatic ring is 1. The van der Waals surface area contributed by atoms with E-state index in [1.807, 2.05) is 0 Å². The summed E-state index contributed by atoms with van der Waals surface area (Å²) in [6, 6.07) is 11.0. The number of amides is 1. The van der Waals surface area contributed by atoms with Crippen LogP contribution in [0.1, 0.15) is 10.4 Å². The monoisotopic (exact) mass is 361 g/mol. The molecular formula is C17H14F3N5O. The van der Waals surface area contributed by atoms with Gasteiger partial charge >= 0.3 is 6.18 Å². The van der Waals surface area contributed by atoms with Crippen LogP contribution in [0.5, 0.6) is 0 Å². The Hall–Kier alpha value is -3.36. The number of carbonyl (C=O) groups is 1. The molecule has 3 rings (SSSR count). The van der Waals surface area contributed by atoms with Gasteiger partial charge in [-0.05, 0) is 17.7 Å². The summed E-state index contributed by atoms with van der Waals surface area (Å²) >= 11 is 0. The molecule has 0 spiro atoms. The van der Waals surface area contributed by atoms with Gasteiger partial charge in [-0.2, -0.15) is 13.2 Å². The van der Waals surface area contributed by atoms with Gasteiger partial charge in [0.25, 0.3) is 5.91 Å². The number of rotatable bonds is 4. The first-order valence-electron chi connectivity index (χ1n) is 7.50. The van der Waals surface area contributed by atoms with Crippen molar-refractivity contribution < 1.29 is 18.0 Å². The van der Waals surface area contributed by atoms with Crippen molar-refractivity contribution in [2.24, 2.45) is 5.73 Å². The van der Waals surface area contributed by atoms with Gasteiger partial charge in [0.2, 0.25) is 5.95 Å². The van der Waals surface area contributed by atoms with Crippen LogP contribution in [0.2, 0.25) is 0 Å². The zero-order valence-corrected chi connectivity index (χ0v) is 13.4. The summed E-state index contributed by atoms with van der Waals surface area (Å²) < 4.78 is 40.7. The van der Waals surface area contributed by atoms with E-state index >= 15 is 0 Å². The van der Waals surface area contributed by atoms with Gasteiger partial charge in [0, 0.05) is 6.20 Å². The van der Waals surface area contributed by atoms with E-state index in [1.165, 1.54) is 18.3 Å². The van der Waals surface area contributed by atoms with Crippen LogP contribution in [0.25, 0.3) is 22.6 Å². The number of benzene rings is 1. The zero-order valence-electron chi connectivity index (χ0n) is 13.4. The molecule has 1 aromatic carbocycles. The number of nitrogens with zero attached hydrogens (tertiary/aromatic N) is 3. The summed E-state index contributed by atoms with van der Waals surface area (Å²) in [5, 5.41) is 0. The second-order valence-corrected chi connectivity index (χ2v) is 5.52. The fourth-order valence-corrected chi connectivity index (χ4v) is 2.72. The predicted molar refractivity (Wildman–Crippen MR) is 89.9 cm³/mol. The lowest BCUT2D eigenvalue weighted by Gasteiger charge is -2.16. The highest BCUT2D eigenvalue weighted by Gasteiger charge is 2.32. The Morgan fingerprint density at radius 2 is 1.85 bits per heavy atom. The molecule has 0 atom stereocenters. The first-order valence-corrected chi connectivity index (χ1v) is 7.50. The highest BCUT2D eigenvalue weighted by Crippen LogP contribution is 2.34. The van der Waals surface area contributed by atoms with E-state index in [-0.39, 0.29) is 28.6 Å². The van der Waals surface area contributed by atoms with Gasteiger partial charge in [-0.3, -0.25) is 4.79 Å². The normalized spacial score (nSPS) is 11.5. The van der Waals surface area contributed by atoms with E-state index in [2.05, 4.69) is 9.97 Å². The van der Waals surface area contributed by atoms with Crippen LogP contribution in [0.4, 0.5) is 19.1 Å². The molecule has 2 heterocycles. The summed E-state index contributed by atoms with van der Waals surface area (Å²) in [5.74, 6) is -0.933. The van der Waals surface area contributed by atoms with Gasteiger partial charge in [0.1, 0.15) is 6.54 Å². The van der Waals surface area contributed by atoms with Crippen molar-refractivity contribution in [1.82, 2.24) is 14.5 Å². The van der Waals surface area contributed by atoms with E-state index in [9.17, 15) is 18.0 Å². The Kier molecular flexibility index (Phi) is 4.37. The third-order valence-corrected chi connectivity index (χ3v) is 3.68. The van der Waals surface area contributed by atoms with Crippen molar-refractivity contribution in [3.05, 3.63) is 54.2 Å². The molecule has 0 radical (unpaired) electrons. The smallest absolute Gasteiger partial charge is 0.368 e. The molecule has 4 N–H and O–H groups in total. The number of primary amides is 1. The quantitative estimate of drug-likeness (QED) is 0.746. The molecular weight excluding hydrogens is 347 g/mol. The maximum atomic E-state index is 13.2. The molecule has 0 saturated carbocycles. The molecule has 2 aromatic heterocycles. The first-order chi connectivity index (χ1) is 12.3. The first kappa shape index (κ1) is 17.5. The fraction of sp³-hybridized carbons (Fsp3) is 0.118. The maximum Gasteiger partial charge on any atom is 0.406 e. The lowest BCUT2D eigenvalue weighted by molar-refractivity contribution is -0.140. The van der Waals surface area contributed by atoms with Crippen LogP contribution >= 0.6 is 0 Å². The molecule has 0 aliphatic carbocycles. The molecule has 0 unspecified atom stereocenters. The van der Waals surface area contributed by atoms with E-state index in [0.717, 1.165) is 4.57 Å². The number of hydrogen-bond acceptors (Lipinski definition) is 4. The molecule has 0 aliphatic heterocycles. The average molecular weight is 361 g/mol. The highest BCUT2D eigenvalue weighted by atomic mass is 19.4. The second-order valence-electron chi connectivity index (χ2n) is 5.52. The number of hydrogen-bond donors (Lipinski definition) is 2. The van der Waals surface area contributed by atoms with E-state index in [1.54, 1.807) is 30.3 Å². The van der Waals surface area contributed by atoms with Crippen molar-refractivity contribution in [2.45, 2.75) is 12.7 Å². The summed E-state index contributed by atoms with van der Waals surface area (Å²) in [5.41, 5.74) is 11.7. The van der Waals surface area contributed by atoms with Crippen molar-refractivity contribution in [3.8, 4) is 22.6 Å². The Balaban J connectivity index is 2.32. The number of anilines is 1. The molecule has 6 nitrogen and oxygen atoms in total. The minimum Gasteiger partial charge on any atom is -0.368 e. The molecule has 0 fully saturated rings. The number of carbonyl (C=O) groups excluding carboxylic acids is 1. The number of halogens is 3. The van der Waals surface area contributed by atoms with Gasteiger partial charge in [-0.15, -0.1) is 0 Å². The zero-order chi connectivity index (χ0) is 18.9. The molecule has 134 valence electrons. The van der Waals surface area contributed by atoms with Crippen LogP contribution in [0.15, 0.2) is 48.7 Å². The van der Waals surface area contributed by atoms with Gasteiger partial charge < -0.3 is 16.0 Å². The predicted octanol–water partition coefficient (Wildman–Crippen LogP) is 2.86. The maximum absolute atomic E-state index is 13.2. The molecule has 9 heteroatoms. The summed E-state index contributed by atoms with van der Waals surface area (Å²) in [4.78, 5) is 19.6. The van der Waals surface area contributed by atoms with E-state index < -0.39 is 18.6 Å². The lowest BCUT2D eigenvalue weighted by atomic mass is 10.1. The van der Waals surface area contributed by atoms with Gasteiger partial charge in [-0.1, -0.05) is 30.3 Å². The fourth-order valence-electron chi connectivity index (χ4n) is 2.72. The van der Waals surface area contributed by atoms with Crippen molar-refractivity contribution in [1.29, 1.82) is 0 Å². The van der Waals surface area contributed by atoms with Crippen LogP contribution in [0, 0.1) is 0 Å². The average Bonchev–Trinajstić information content (AvgIpc) is 2.93. The minimum absolute atomic E-state index is 0.0346. The standard InChI is InChI=1S/C17H14F3N5O/c18-17(19,20)9-25-13(12-6-7-23-16(22)24-12)8-11(15(21)26)14(25)10-4-2-1-3-5-10/h1-8H,9H2,(H2,21,26)(H2,22,23,24). The van der Waals surface area contributed by atoms with Gasteiger partial charge in [-0.25, -0.2) is 9.97 Å². The van der Waals surface area contributed by atoms with Crippen LogP contribution in [-0.4, -0.2) is 26.6 Å². The van der Waals surface area contributed by atoms with Crippen molar-refractivity contribution in [3.63, 3.8) is 0 Å². The molecule has 26 heavy (non-hydrogen) atoms. The Morgan fingerprint density at radius 1 is 1.15 bits per heavy atom. The molecule has 3 aromatic rings. The third kappa shape index (κ3) is 3.51. The van der Waals surface area contributed by atoms with Crippen LogP contribution in [0.3, 0.4) is 0 Å². The SMILES string of the molecule is NC(=O)c1cc(-c2ccnc(N)n2)n(CC(F)(F)F)c1-c1ccccc1. The second kappa shape index (κ2) is 6.51. The Labute approximate surface area is 146 Å².